The third-order valence-corrected chi connectivity index (χ3v) is 5.16. The number of fused-ring (bicyclic) bond motifs is 1. The van der Waals surface area contributed by atoms with Crippen LogP contribution in [0.25, 0.3) is 0 Å². The second kappa shape index (κ2) is 7.04. The first-order valence-corrected chi connectivity index (χ1v) is 9.36. The molecular formula is C19H26N6. The van der Waals surface area contributed by atoms with Crippen LogP contribution >= 0.6 is 0 Å². The molecule has 132 valence electrons. The molecule has 0 aliphatic carbocycles. The van der Waals surface area contributed by atoms with Gasteiger partial charge < -0.3 is 0 Å². The van der Waals surface area contributed by atoms with E-state index < -0.39 is 0 Å². The molecule has 0 bridgehead atoms. The summed E-state index contributed by atoms with van der Waals surface area (Å²) in [6, 6.07) is 0. The first-order valence-electron chi connectivity index (χ1n) is 9.36. The van der Waals surface area contributed by atoms with Crippen LogP contribution in [0.1, 0.15) is 54.5 Å². The van der Waals surface area contributed by atoms with Gasteiger partial charge in [0, 0.05) is 62.7 Å². The number of hydrogen-bond acceptors (Lipinski definition) is 5. The minimum atomic E-state index is 0.854. The van der Waals surface area contributed by atoms with Crippen molar-refractivity contribution >= 4 is 5.71 Å². The highest BCUT2D eigenvalue weighted by molar-refractivity contribution is 5.97. The van der Waals surface area contributed by atoms with Crippen molar-refractivity contribution in [3.63, 3.8) is 0 Å². The molecule has 6 nitrogen and oxygen atoms in total. The summed E-state index contributed by atoms with van der Waals surface area (Å²) < 4.78 is 2.02. The van der Waals surface area contributed by atoms with Gasteiger partial charge in [0.1, 0.15) is 0 Å². The maximum absolute atomic E-state index is 4.83. The monoisotopic (exact) mass is 338 g/mol. The van der Waals surface area contributed by atoms with Crippen LogP contribution in [0.4, 0.5) is 0 Å². The first kappa shape index (κ1) is 16.4. The maximum atomic E-state index is 4.83. The summed E-state index contributed by atoms with van der Waals surface area (Å²) in [5, 5.41) is 4.55. The second-order valence-electron chi connectivity index (χ2n) is 7.01. The lowest BCUT2D eigenvalue weighted by molar-refractivity contribution is 0.242. The Morgan fingerprint density at radius 2 is 2.12 bits per heavy atom. The fourth-order valence-electron chi connectivity index (χ4n) is 3.65. The zero-order chi connectivity index (χ0) is 17.2. The van der Waals surface area contributed by atoms with Crippen LogP contribution in [0.15, 0.2) is 17.4 Å². The summed E-state index contributed by atoms with van der Waals surface area (Å²) >= 11 is 0. The lowest BCUT2D eigenvalue weighted by atomic mass is 10.0. The van der Waals surface area contributed by atoms with Crippen molar-refractivity contribution < 1.29 is 0 Å². The molecule has 0 aromatic carbocycles. The number of rotatable bonds is 4. The van der Waals surface area contributed by atoms with Crippen LogP contribution in [0, 0.1) is 6.92 Å². The van der Waals surface area contributed by atoms with E-state index in [1.165, 1.54) is 29.7 Å². The standard InChI is InChI=1S/C19H26N6/c1-3-25-13-16(14(2)23-25)12-24-9-7-17-15(11-24)10-21-19(22-17)18-6-4-5-8-20-18/h10,13H,3-9,11-12H2,1-2H3. The van der Waals surface area contributed by atoms with Crippen molar-refractivity contribution in [2.45, 2.75) is 59.2 Å². The van der Waals surface area contributed by atoms with E-state index in [1.54, 1.807) is 0 Å². The predicted molar refractivity (Wildman–Crippen MR) is 97.7 cm³/mol. The molecular weight excluding hydrogens is 312 g/mol. The van der Waals surface area contributed by atoms with E-state index in [9.17, 15) is 0 Å². The minimum absolute atomic E-state index is 0.854. The van der Waals surface area contributed by atoms with E-state index in [4.69, 9.17) is 4.98 Å². The van der Waals surface area contributed by atoms with Gasteiger partial charge in [-0.05, 0) is 33.1 Å². The zero-order valence-electron chi connectivity index (χ0n) is 15.2. The molecule has 0 unspecified atom stereocenters. The van der Waals surface area contributed by atoms with Crippen LogP contribution in [0.2, 0.25) is 0 Å². The molecule has 0 saturated carbocycles. The van der Waals surface area contributed by atoms with Gasteiger partial charge in [-0.25, -0.2) is 9.97 Å². The number of aromatic nitrogens is 4. The topological polar surface area (TPSA) is 59.2 Å². The highest BCUT2D eigenvalue weighted by Gasteiger charge is 2.21. The zero-order valence-corrected chi connectivity index (χ0v) is 15.2. The molecule has 2 aromatic heterocycles. The Morgan fingerprint density at radius 1 is 1.20 bits per heavy atom. The molecule has 2 aliphatic rings. The summed E-state index contributed by atoms with van der Waals surface area (Å²) in [5.41, 5.74) is 6.01. The van der Waals surface area contributed by atoms with E-state index in [1.807, 2.05) is 10.9 Å². The molecule has 4 rings (SSSR count). The van der Waals surface area contributed by atoms with Crippen molar-refractivity contribution in [1.82, 2.24) is 24.6 Å². The smallest absolute Gasteiger partial charge is 0.173 e. The lowest BCUT2D eigenvalue weighted by Crippen LogP contribution is -2.31. The third kappa shape index (κ3) is 3.49. The maximum Gasteiger partial charge on any atom is 0.173 e. The van der Waals surface area contributed by atoms with Crippen LogP contribution < -0.4 is 0 Å². The molecule has 0 amide bonds. The lowest BCUT2D eigenvalue weighted by Gasteiger charge is -2.28. The van der Waals surface area contributed by atoms with E-state index in [-0.39, 0.29) is 0 Å². The van der Waals surface area contributed by atoms with Gasteiger partial charge in [0.05, 0.1) is 17.1 Å². The minimum Gasteiger partial charge on any atom is -0.294 e. The fraction of sp³-hybridized carbons (Fsp3) is 0.579. The van der Waals surface area contributed by atoms with E-state index in [2.05, 4.69) is 40.0 Å². The summed E-state index contributed by atoms with van der Waals surface area (Å²) in [6.45, 7) is 8.96. The Hall–Kier alpha value is -2.08. The molecule has 0 saturated heterocycles. The summed E-state index contributed by atoms with van der Waals surface area (Å²) in [4.78, 5) is 16.5. The van der Waals surface area contributed by atoms with Gasteiger partial charge in [-0.1, -0.05) is 0 Å². The fourth-order valence-corrected chi connectivity index (χ4v) is 3.65. The SMILES string of the molecule is CCn1cc(CN2CCc3nc(C4=NCCCC4)ncc3C2)c(C)n1. The van der Waals surface area contributed by atoms with Gasteiger partial charge in [0.2, 0.25) is 0 Å². The summed E-state index contributed by atoms with van der Waals surface area (Å²) in [5.74, 6) is 0.854. The van der Waals surface area contributed by atoms with Gasteiger partial charge in [0.25, 0.3) is 0 Å². The number of aryl methyl sites for hydroxylation is 2. The first-order chi connectivity index (χ1) is 12.2. The molecule has 0 N–H and O–H groups in total. The molecule has 2 aliphatic heterocycles. The molecule has 4 heterocycles. The van der Waals surface area contributed by atoms with Crippen LogP contribution in [0.5, 0.6) is 0 Å². The highest BCUT2D eigenvalue weighted by atomic mass is 15.3. The number of hydrogen-bond donors (Lipinski definition) is 0. The molecule has 0 radical (unpaired) electrons. The molecule has 25 heavy (non-hydrogen) atoms. The van der Waals surface area contributed by atoms with Crippen molar-refractivity contribution in [2.75, 3.05) is 13.1 Å². The largest absolute Gasteiger partial charge is 0.294 e. The normalized spacial score (nSPS) is 18.1. The highest BCUT2D eigenvalue weighted by Crippen LogP contribution is 2.20. The average Bonchev–Trinajstić information content (AvgIpc) is 3.02. The molecule has 6 heteroatoms. The Bertz CT molecular complexity index is 791. The molecule has 0 spiro atoms. The number of aliphatic imine (C=N–C) groups is 1. The Labute approximate surface area is 149 Å². The van der Waals surface area contributed by atoms with Gasteiger partial charge in [-0.15, -0.1) is 0 Å². The van der Waals surface area contributed by atoms with Crippen molar-refractivity contribution in [2.24, 2.45) is 4.99 Å². The molecule has 0 atom stereocenters. The van der Waals surface area contributed by atoms with Crippen molar-refractivity contribution in [3.8, 4) is 0 Å². The van der Waals surface area contributed by atoms with E-state index in [0.717, 1.165) is 62.8 Å². The average molecular weight is 338 g/mol. The van der Waals surface area contributed by atoms with Gasteiger partial charge in [0.15, 0.2) is 5.82 Å². The van der Waals surface area contributed by atoms with Gasteiger partial charge in [-0.2, -0.15) is 5.10 Å². The Kier molecular flexibility index (Phi) is 4.61. The van der Waals surface area contributed by atoms with Crippen LogP contribution in [0.3, 0.4) is 0 Å². The van der Waals surface area contributed by atoms with Gasteiger partial charge in [-0.3, -0.25) is 14.6 Å². The van der Waals surface area contributed by atoms with E-state index >= 15 is 0 Å². The third-order valence-electron chi connectivity index (χ3n) is 5.16. The van der Waals surface area contributed by atoms with Crippen LogP contribution in [-0.4, -0.2) is 43.4 Å². The quantitative estimate of drug-likeness (QED) is 0.859. The Balaban J connectivity index is 1.48. The van der Waals surface area contributed by atoms with Gasteiger partial charge >= 0.3 is 0 Å². The Morgan fingerprint density at radius 3 is 2.88 bits per heavy atom. The molecule has 0 fully saturated rings. The van der Waals surface area contributed by atoms with Crippen molar-refractivity contribution in [1.29, 1.82) is 0 Å². The summed E-state index contributed by atoms with van der Waals surface area (Å²) in [6.07, 6.45) is 8.59. The second-order valence-corrected chi connectivity index (χ2v) is 7.01. The molecule has 2 aromatic rings. The van der Waals surface area contributed by atoms with Crippen LogP contribution in [-0.2, 0) is 26.1 Å². The summed E-state index contributed by atoms with van der Waals surface area (Å²) in [7, 11) is 0. The van der Waals surface area contributed by atoms with E-state index in [0.29, 0.717) is 0 Å². The predicted octanol–water partition coefficient (Wildman–Crippen LogP) is 2.53. The van der Waals surface area contributed by atoms with Crippen molar-refractivity contribution in [3.05, 3.63) is 40.7 Å². The number of nitrogens with zero attached hydrogens (tertiary/aromatic N) is 6.